The quantitative estimate of drug-likeness (QED) is 0.0742. The van der Waals surface area contributed by atoms with E-state index in [1.54, 1.807) is 55.3 Å². The first kappa shape index (κ1) is 56.2. The molecule has 0 spiro atoms. The van der Waals surface area contributed by atoms with Crippen molar-refractivity contribution < 1.29 is 47.5 Å². The van der Waals surface area contributed by atoms with Crippen LogP contribution in [0.2, 0.25) is 0 Å². The third kappa shape index (κ3) is 22.5. The molecule has 67 heavy (non-hydrogen) atoms. The summed E-state index contributed by atoms with van der Waals surface area (Å²) in [5.41, 5.74) is 6.13. The first-order valence-electron chi connectivity index (χ1n) is 23.2. The van der Waals surface area contributed by atoms with Gasteiger partial charge in [-0.3, -0.25) is 33.2 Å². The molecule has 0 aromatic carbocycles. The molecule has 0 saturated carbocycles. The van der Waals surface area contributed by atoms with Crippen LogP contribution in [0.4, 0.5) is 16.7 Å². The topological polar surface area (TPSA) is 271 Å². The summed E-state index contributed by atoms with van der Waals surface area (Å²) < 4.78 is 35.2. The summed E-state index contributed by atoms with van der Waals surface area (Å²) in [5, 5.41) is 10.8. The van der Waals surface area contributed by atoms with Crippen LogP contribution in [0.15, 0.2) is 6.20 Å². The molecular weight excluding hydrogens is 890 g/mol. The molecule has 1 saturated heterocycles. The Balaban J connectivity index is 1.18. The molecule has 2 aromatic heterocycles. The number of amides is 3. The number of rotatable bonds is 35. The van der Waals surface area contributed by atoms with Gasteiger partial charge in [-0.05, 0) is 66.0 Å². The van der Waals surface area contributed by atoms with Crippen LogP contribution in [-0.2, 0) is 51.0 Å². The molecule has 1 fully saturated rings. The SMILES string of the molecule is CC(=O)CCn1cc(CCC(=O)CCCCCNC(=O)OCCCN(C)C(=O)CCCCC(=O)CCCOCCOc2nc(N(C)CC(N)=O)nc(N3CCN(P(C)(=O)N(C)C)CC3)n2)nn1. The number of hydrogen-bond acceptors (Lipinski definition) is 17. The van der Waals surface area contributed by atoms with Crippen LogP contribution < -0.4 is 25.6 Å². The van der Waals surface area contributed by atoms with Crippen LogP contribution in [0, 0.1) is 0 Å². The number of Topliss-reactive ketones (excluding diaryl/α,β-unsaturated/α-hetero) is 3. The molecule has 0 bridgehead atoms. The number of ketones is 3. The van der Waals surface area contributed by atoms with Gasteiger partial charge < -0.3 is 40.0 Å². The normalized spacial score (nSPS) is 13.8. The van der Waals surface area contributed by atoms with E-state index in [9.17, 15) is 33.3 Å². The van der Waals surface area contributed by atoms with Crippen LogP contribution in [0.1, 0.15) is 96.1 Å². The number of alkyl carbamates (subject to hydrolysis) is 1. The molecule has 3 amide bonds. The molecule has 1 unspecified atom stereocenters. The van der Waals surface area contributed by atoms with Gasteiger partial charge in [0.2, 0.25) is 31.2 Å². The summed E-state index contributed by atoms with van der Waals surface area (Å²) in [7, 11) is 4.33. The van der Waals surface area contributed by atoms with E-state index in [2.05, 4.69) is 30.6 Å². The van der Waals surface area contributed by atoms with E-state index in [0.29, 0.717) is 129 Å². The number of unbranched alkanes of at least 4 members (excludes halogenated alkanes) is 3. The zero-order valence-electron chi connectivity index (χ0n) is 40.5. The van der Waals surface area contributed by atoms with Crippen molar-refractivity contribution in [3.63, 3.8) is 0 Å². The maximum absolute atomic E-state index is 13.1. The molecule has 376 valence electrons. The highest BCUT2D eigenvalue weighted by Crippen LogP contribution is 2.47. The molecule has 2 aromatic rings. The van der Waals surface area contributed by atoms with Gasteiger partial charge in [0.05, 0.1) is 25.5 Å². The molecule has 3 heterocycles. The van der Waals surface area contributed by atoms with Gasteiger partial charge in [-0.25, -0.2) is 14.1 Å². The van der Waals surface area contributed by atoms with Crippen LogP contribution in [0.3, 0.4) is 0 Å². The second-order valence-corrected chi connectivity index (χ2v) is 20.0. The first-order valence-corrected chi connectivity index (χ1v) is 25.3. The summed E-state index contributed by atoms with van der Waals surface area (Å²) in [6.45, 7) is 7.63. The Kier molecular flexibility index (Phi) is 25.4. The highest BCUT2D eigenvalue weighted by Gasteiger charge is 2.32. The fourth-order valence-corrected chi connectivity index (χ4v) is 8.23. The van der Waals surface area contributed by atoms with Crippen LogP contribution in [-0.4, -0.2) is 187 Å². The summed E-state index contributed by atoms with van der Waals surface area (Å²) in [6.07, 6.45) is 8.59. The van der Waals surface area contributed by atoms with Gasteiger partial charge in [0.15, 0.2) is 0 Å². The molecule has 0 aliphatic carbocycles. The number of hydrogen-bond donors (Lipinski definition) is 2. The Hall–Kier alpha value is -5.12. The third-order valence-corrected chi connectivity index (χ3v) is 14.0. The van der Waals surface area contributed by atoms with Gasteiger partial charge in [-0.1, -0.05) is 11.6 Å². The molecule has 23 nitrogen and oxygen atoms in total. The molecule has 1 aliphatic heterocycles. The number of carbonyl (C=O) groups excluding carboxylic acids is 6. The van der Waals surface area contributed by atoms with Crippen LogP contribution in [0.25, 0.3) is 0 Å². The number of nitrogens with two attached hydrogens (primary N) is 1. The van der Waals surface area contributed by atoms with Crippen molar-refractivity contribution in [1.82, 2.24) is 49.5 Å². The lowest BCUT2D eigenvalue weighted by molar-refractivity contribution is -0.130. The Morgan fingerprint density at radius 2 is 1.48 bits per heavy atom. The van der Waals surface area contributed by atoms with E-state index < -0.39 is 19.4 Å². The van der Waals surface area contributed by atoms with Crippen molar-refractivity contribution in [3.8, 4) is 6.01 Å². The minimum absolute atomic E-state index is 0.0327. The van der Waals surface area contributed by atoms with E-state index in [4.69, 9.17) is 19.9 Å². The number of aromatic nitrogens is 6. The maximum atomic E-state index is 13.1. The number of nitrogens with one attached hydrogen (secondary N) is 1. The number of likely N-dealkylation sites (N-methyl/N-ethyl adjacent to an activating group) is 1. The highest BCUT2D eigenvalue weighted by atomic mass is 31.2. The van der Waals surface area contributed by atoms with Gasteiger partial charge in [-0.2, -0.15) is 15.0 Å². The van der Waals surface area contributed by atoms with Crippen molar-refractivity contribution >= 4 is 54.6 Å². The molecule has 0 radical (unpaired) electrons. The van der Waals surface area contributed by atoms with Gasteiger partial charge in [0.25, 0.3) is 0 Å². The lowest BCUT2D eigenvalue weighted by Crippen LogP contribution is -2.47. The van der Waals surface area contributed by atoms with Gasteiger partial charge >= 0.3 is 12.1 Å². The third-order valence-electron chi connectivity index (χ3n) is 11.1. The lowest BCUT2D eigenvalue weighted by atomic mass is 10.1. The predicted molar refractivity (Wildman–Crippen MR) is 251 cm³/mol. The first-order chi connectivity index (χ1) is 31.9. The Bertz CT molecular complexity index is 1930. The Morgan fingerprint density at radius 3 is 2.18 bits per heavy atom. The van der Waals surface area contributed by atoms with Crippen LogP contribution >= 0.6 is 7.44 Å². The Labute approximate surface area is 394 Å². The second kappa shape index (κ2) is 30.3. The number of ether oxygens (including phenoxy) is 3. The number of primary amides is 1. The monoisotopic (exact) mass is 964 g/mol. The summed E-state index contributed by atoms with van der Waals surface area (Å²) in [4.78, 5) is 90.5. The Morgan fingerprint density at radius 1 is 0.791 bits per heavy atom. The molecule has 1 atom stereocenters. The standard InChI is InChI=1S/C43H74N13O10P/c1-34(57)20-23-55-32-35(49-50-55)18-19-37(59)14-8-7-11-21-45-43(62)66-29-13-22-52(4)39(61)17-10-9-15-36(58)16-12-28-64-30-31-65-42-47-40(53(5)33-38(44)60)46-41(48-42)54-24-26-56(27-25-54)67(6,63)51(2)3/h32H,7-31,33H2,1-6H3,(H2,44,60)(H,45,62). The zero-order valence-corrected chi connectivity index (χ0v) is 41.4. The zero-order chi connectivity index (χ0) is 49.2. The van der Waals surface area contributed by atoms with E-state index in [1.165, 1.54) is 11.8 Å². The molecule has 1 aliphatic rings. The molecule has 24 heteroatoms. The molecule has 3 N–H and O–H groups in total. The maximum Gasteiger partial charge on any atom is 0.407 e. The van der Waals surface area contributed by atoms with E-state index in [0.717, 1.165) is 25.0 Å². The fourth-order valence-electron chi connectivity index (χ4n) is 6.80. The number of piperazine rings is 1. The molecular formula is C43H74N13O10P. The number of nitrogens with zero attached hydrogens (tertiary/aromatic N) is 11. The van der Waals surface area contributed by atoms with E-state index in [1.807, 2.05) is 9.57 Å². The van der Waals surface area contributed by atoms with Crippen molar-refractivity contribution in [2.24, 2.45) is 5.73 Å². The van der Waals surface area contributed by atoms with Gasteiger partial charge in [0.1, 0.15) is 24.0 Å². The molecule has 3 rings (SSSR count). The van der Waals surface area contributed by atoms with Gasteiger partial charge in [-0.15, -0.1) is 5.10 Å². The summed E-state index contributed by atoms with van der Waals surface area (Å²) in [6, 6.07) is 0.0640. The number of aryl methyl sites for hydroxylation is 2. The van der Waals surface area contributed by atoms with Gasteiger partial charge in [0, 0.05) is 118 Å². The van der Waals surface area contributed by atoms with E-state index >= 15 is 0 Å². The fraction of sp³-hybridized carbons (Fsp3) is 0.744. The predicted octanol–water partition coefficient (Wildman–Crippen LogP) is 2.51. The van der Waals surface area contributed by atoms with Crippen LogP contribution in [0.5, 0.6) is 6.01 Å². The minimum atomic E-state index is -2.63. The lowest BCUT2D eigenvalue weighted by Gasteiger charge is -2.39. The number of carbonyl (C=O) groups is 6. The van der Waals surface area contributed by atoms with Crippen molar-refractivity contribution in [3.05, 3.63) is 11.9 Å². The summed E-state index contributed by atoms with van der Waals surface area (Å²) >= 11 is 0. The minimum Gasteiger partial charge on any atom is -0.461 e. The average molecular weight is 964 g/mol. The number of anilines is 2. The van der Waals surface area contributed by atoms with Crippen molar-refractivity contribution in [2.75, 3.05) is 117 Å². The van der Waals surface area contributed by atoms with E-state index in [-0.39, 0.29) is 61.6 Å². The summed E-state index contributed by atoms with van der Waals surface area (Å²) in [5.74, 6) is 0.361. The second-order valence-electron chi connectivity index (χ2n) is 17.0. The highest BCUT2D eigenvalue weighted by molar-refractivity contribution is 7.58. The van der Waals surface area contributed by atoms with Crippen molar-refractivity contribution in [2.45, 2.75) is 103 Å². The smallest absolute Gasteiger partial charge is 0.407 e. The van der Waals surface area contributed by atoms with Crippen molar-refractivity contribution in [1.29, 1.82) is 0 Å². The largest absolute Gasteiger partial charge is 0.461 e. The average Bonchev–Trinajstić information content (AvgIpc) is 3.76.